The number of rotatable bonds is 7. The van der Waals surface area contributed by atoms with E-state index in [0.717, 1.165) is 50.4 Å². The standard InChI is InChI=1S/C26H26FN3O/c27-23-9-11-24(12-10-23)30-17-15-29(16-18-30)14-13-26(22-6-2-1-3-7-22)31-25-8-4-5-21(19-25)20-28/h1-12,19,26H,13-18H2. The minimum absolute atomic E-state index is 0.0785. The van der Waals surface area contributed by atoms with Gasteiger partial charge in [-0.25, -0.2) is 4.39 Å². The van der Waals surface area contributed by atoms with Crippen LogP contribution in [0.5, 0.6) is 5.75 Å². The van der Waals surface area contributed by atoms with Gasteiger partial charge < -0.3 is 9.64 Å². The Labute approximate surface area is 183 Å². The Morgan fingerprint density at radius 1 is 0.903 bits per heavy atom. The average Bonchev–Trinajstić information content (AvgIpc) is 2.83. The van der Waals surface area contributed by atoms with E-state index in [4.69, 9.17) is 10.00 Å². The molecule has 1 aliphatic heterocycles. The Hall–Kier alpha value is -3.36. The molecule has 4 rings (SSSR count). The molecule has 1 unspecified atom stereocenters. The third-order valence-electron chi connectivity index (χ3n) is 5.68. The predicted octanol–water partition coefficient (Wildman–Crippen LogP) is 5.03. The molecule has 1 aliphatic rings. The Bertz CT molecular complexity index is 1010. The molecule has 3 aromatic carbocycles. The number of piperazine rings is 1. The van der Waals surface area contributed by atoms with Gasteiger partial charge in [-0.15, -0.1) is 0 Å². The van der Waals surface area contributed by atoms with Gasteiger partial charge in [-0.2, -0.15) is 5.26 Å². The SMILES string of the molecule is N#Cc1cccc(OC(CCN2CCN(c3ccc(F)cc3)CC2)c2ccccc2)c1. The highest BCUT2D eigenvalue weighted by Gasteiger charge is 2.20. The molecule has 4 nitrogen and oxygen atoms in total. The Balaban J connectivity index is 1.36. The van der Waals surface area contributed by atoms with Gasteiger partial charge in [-0.05, 0) is 48.0 Å². The van der Waals surface area contributed by atoms with Gasteiger partial charge in [0.25, 0.3) is 0 Å². The molecule has 0 spiro atoms. The number of hydrogen-bond acceptors (Lipinski definition) is 4. The first kappa shape index (κ1) is 20.9. The van der Waals surface area contributed by atoms with Crippen LogP contribution in [0.2, 0.25) is 0 Å². The molecular formula is C26H26FN3O. The summed E-state index contributed by atoms with van der Waals surface area (Å²) in [5, 5.41) is 9.17. The first-order valence-corrected chi connectivity index (χ1v) is 10.7. The molecule has 0 bridgehead atoms. The highest BCUT2D eigenvalue weighted by atomic mass is 19.1. The van der Waals surface area contributed by atoms with Gasteiger partial charge in [0.05, 0.1) is 11.6 Å². The van der Waals surface area contributed by atoms with Crippen LogP contribution in [0.3, 0.4) is 0 Å². The Morgan fingerprint density at radius 2 is 1.65 bits per heavy atom. The fraction of sp³-hybridized carbons (Fsp3) is 0.269. The van der Waals surface area contributed by atoms with Crippen LogP contribution in [0.25, 0.3) is 0 Å². The Morgan fingerprint density at radius 3 is 2.35 bits per heavy atom. The van der Waals surface area contributed by atoms with Crippen LogP contribution in [0.4, 0.5) is 10.1 Å². The topological polar surface area (TPSA) is 39.5 Å². The van der Waals surface area contributed by atoms with Crippen molar-refractivity contribution in [2.45, 2.75) is 12.5 Å². The van der Waals surface area contributed by atoms with E-state index in [-0.39, 0.29) is 11.9 Å². The van der Waals surface area contributed by atoms with Crippen LogP contribution in [0, 0.1) is 17.1 Å². The Kier molecular flexibility index (Phi) is 6.81. The lowest BCUT2D eigenvalue weighted by Crippen LogP contribution is -2.46. The highest BCUT2D eigenvalue weighted by Crippen LogP contribution is 2.26. The van der Waals surface area contributed by atoms with E-state index < -0.39 is 0 Å². The molecule has 0 amide bonds. The van der Waals surface area contributed by atoms with E-state index >= 15 is 0 Å². The van der Waals surface area contributed by atoms with Crippen LogP contribution in [-0.4, -0.2) is 37.6 Å². The van der Waals surface area contributed by atoms with E-state index in [1.54, 1.807) is 12.1 Å². The minimum atomic E-state index is -0.199. The molecule has 1 fully saturated rings. The second kappa shape index (κ2) is 10.1. The van der Waals surface area contributed by atoms with Crippen molar-refractivity contribution >= 4 is 5.69 Å². The summed E-state index contributed by atoms with van der Waals surface area (Å²) in [5.74, 6) is 0.517. The van der Waals surface area contributed by atoms with Crippen molar-refractivity contribution in [2.75, 3.05) is 37.6 Å². The number of nitrogens with zero attached hydrogens (tertiary/aromatic N) is 3. The van der Waals surface area contributed by atoms with Crippen LogP contribution < -0.4 is 9.64 Å². The summed E-state index contributed by atoms with van der Waals surface area (Å²) < 4.78 is 19.5. The van der Waals surface area contributed by atoms with Crippen molar-refractivity contribution in [1.82, 2.24) is 4.90 Å². The molecular weight excluding hydrogens is 389 g/mol. The van der Waals surface area contributed by atoms with Crippen molar-refractivity contribution < 1.29 is 9.13 Å². The van der Waals surface area contributed by atoms with Gasteiger partial charge in [0.2, 0.25) is 0 Å². The molecule has 1 heterocycles. The van der Waals surface area contributed by atoms with Crippen molar-refractivity contribution in [2.24, 2.45) is 0 Å². The number of nitriles is 1. The lowest BCUT2D eigenvalue weighted by Gasteiger charge is -2.36. The van der Waals surface area contributed by atoms with E-state index in [2.05, 4.69) is 28.0 Å². The molecule has 0 radical (unpaired) electrons. The molecule has 0 aromatic heterocycles. The van der Waals surface area contributed by atoms with E-state index in [1.807, 2.05) is 42.5 Å². The summed E-state index contributed by atoms with van der Waals surface area (Å²) in [5.41, 5.74) is 2.81. The number of ether oxygens (including phenoxy) is 1. The third-order valence-corrected chi connectivity index (χ3v) is 5.68. The lowest BCUT2D eigenvalue weighted by molar-refractivity contribution is 0.160. The summed E-state index contributed by atoms with van der Waals surface area (Å²) in [6.07, 6.45) is 0.780. The first-order valence-electron chi connectivity index (χ1n) is 10.7. The number of anilines is 1. The lowest BCUT2D eigenvalue weighted by atomic mass is 10.1. The number of hydrogen-bond donors (Lipinski definition) is 0. The van der Waals surface area contributed by atoms with E-state index in [9.17, 15) is 4.39 Å². The van der Waals surface area contributed by atoms with Gasteiger partial charge in [0.1, 0.15) is 17.7 Å². The molecule has 31 heavy (non-hydrogen) atoms. The fourth-order valence-corrected chi connectivity index (χ4v) is 3.95. The van der Waals surface area contributed by atoms with Crippen LogP contribution in [0.15, 0.2) is 78.9 Å². The normalized spacial score (nSPS) is 15.3. The van der Waals surface area contributed by atoms with Crippen LogP contribution >= 0.6 is 0 Å². The average molecular weight is 416 g/mol. The van der Waals surface area contributed by atoms with Crippen molar-refractivity contribution in [3.05, 3.63) is 95.8 Å². The largest absolute Gasteiger partial charge is 0.486 e. The van der Waals surface area contributed by atoms with E-state index in [1.165, 1.54) is 12.1 Å². The minimum Gasteiger partial charge on any atom is -0.486 e. The van der Waals surface area contributed by atoms with Gasteiger partial charge in [0, 0.05) is 44.8 Å². The summed E-state index contributed by atoms with van der Waals surface area (Å²) >= 11 is 0. The van der Waals surface area contributed by atoms with E-state index in [0.29, 0.717) is 11.3 Å². The summed E-state index contributed by atoms with van der Waals surface area (Å²) in [6.45, 7) is 4.69. The van der Waals surface area contributed by atoms with Gasteiger partial charge in [-0.3, -0.25) is 4.90 Å². The summed E-state index contributed by atoms with van der Waals surface area (Å²) in [7, 11) is 0. The second-order valence-corrected chi connectivity index (χ2v) is 7.75. The second-order valence-electron chi connectivity index (χ2n) is 7.75. The number of halogens is 1. The van der Waals surface area contributed by atoms with Gasteiger partial charge >= 0.3 is 0 Å². The van der Waals surface area contributed by atoms with Crippen molar-refractivity contribution in [3.63, 3.8) is 0 Å². The van der Waals surface area contributed by atoms with Crippen molar-refractivity contribution in [3.8, 4) is 11.8 Å². The van der Waals surface area contributed by atoms with Crippen molar-refractivity contribution in [1.29, 1.82) is 5.26 Å². The predicted molar refractivity (Wildman–Crippen MR) is 121 cm³/mol. The maximum atomic E-state index is 13.2. The fourth-order valence-electron chi connectivity index (χ4n) is 3.95. The molecule has 0 aliphatic carbocycles. The molecule has 0 N–H and O–H groups in total. The molecule has 3 aromatic rings. The smallest absolute Gasteiger partial charge is 0.125 e. The first-order chi connectivity index (χ1) is 15.2. The van der Waals surface area contributed by atoms with Gasteiger partial charge in [-0.1, -0.05) is 36.4 Å². The van der Waals surface area contributed by atoms with Crippen LogP contribution in [-0.2, 0) is 0 Å². The number of benzene rings is 3. The third kappa shape index (κ3) is 5.62. The van der Waals surface area contributed by atoms with Gasteiger partial charge in [0.15, 0.2) is 0 Å². The molecule has 1 saturated heterocycles. The summed E-state index contributed by atoms with van der Waals surface area (Å²) in [4.78, 5) is 4.75. The zero-order chi connectivity index (χ0) is 21.5. The summed E-state index contributed by atoms with van der Waals surface area (Å²) in [6, 6.07) is 26.5. The monoisotopic (exact) mass is 415 g/mol. The highest BCUT2D eigenvalue weighted by molar-refractivity contribution is 5.46. The zero-order valence-electron chi connectivity index (χ0n) is 17.5. The molecule has 0 saturated carbocycles. The quantitative estimate of drug-likeness (QED) is 0.543. The van der Waals surface area contributed by atoms with Crippen LogP contribution in [0.1, 0.15) is 23.7 Å². The maximum Gasteiger partial charge on any atom is 0.125 e. The maximum absolute atomic E-state index is 13.2. The zero-order valence-corrected chi connectivity index (χ0v) is 17.5. The molecule has 5 heteroatoms. The molecule has 158 valence electrons. The molecule has 1 atom stereocenters.